The fraction of sp³-hybridized carbons (Fsp3) is 0.781. The number of esters is 1. The van der Waals surface area contributed by atoms with Crippen molar-refractivity contribution in [3.8, 4) is 0 Å². The number of hydrogen-bond donors (Lipinski definition) is 2. The van der Waals surface area contributed by atoms with Crippen LogP contribution < -0.4 is 0 Å². The Morgan fingerprint density at radius 2 is 1.83 bits per heavy atom. The highest BCUT2D eigenvalue weighted by molar-refractivity contribution is 5.73. The smallest absolute Gasteiger partial charge is 0.309 e. The molecule has 4 aliphatic rings. The Labute approximate surface area is 219 Å². The van der Waals surface area contributed by atoms with Crippen molar-refractivity contribution >= 4 is 5.97 Å². The van der Waals surface area contributed by atoms with E-state index in [4.69, 9.17) is 4.74 Å². The number of allylic oxidation sites excluding steroid dienone is 4. The van der Waals surface area contributed by atoms with Gasteiger partial charge in [-0.3, -0.25) is 4.79 Å². The van der Waals surface area contributed by atoms with Gasteiger partial charge in [-0.2, -0.15) is 0 Å². The zero-order valence-corrected chi connectivity index (χ0v) is 24.0. The van der Waals surface area contributed by atoms with Crippen LogP contribution in [-0.4, -0.2) is 35.0 Å². The molecule has 2 unspecified atom stereocenters. The second kappa shape index (κ2) is 8.83. The summed E-state index contributed by atoms with van der Waals surface area (Å²) in [5, 5.41) is 22.0. The lowest BCUT2D eigenvalue weighted by atomic mass is 9.44. The minimum Gasteiger partial charge on any atom is -0.469 e. The van der Waals surface area contributed by atoms with Gasteiger partial charge in [0.25, 0.3) is 0 Å². The van der Waals surface area contributed by atoms with Crippen molar-refractivity contribution < 1.29 is 19.7 Å². The molecule has 0 aromatic rings. The van der Waals surface area contributed by atoms with Gasteiger partial charge in [0.05, 0.1) is 24.7 Å². The Morgan fingerprint density at radius 3 is 2.44 bits per heavy atom. The lowest BCUT2D eigenvalue weighted by Crippen LogP contribution is -2.51. The SMILES string of the molecule is C=C(CC[C@@H](C(=O)OC)C1[C@H](O)C[C@@]2(C)C3=CCC4C(C)(C)CCC[C@]4(C)C3=CC[C@]12C)C(C)(C)O. The molecular weight excluding hydrogens is 448 g/mol. The number of hydrogen-bond acceptors (Lipinski definition) is 4. The van der Waals surface area contributed by atoms with Crippen LogP contribution >= 0.6 is 0 Å². The monoisotopic (exact) mass is 498 g/mol. The average molecular weight is 499 g/mol. The van der Waals surface area contributed by atoms with Gasteiger partial charge >= 0.3 is 5.97 Å². The van der Waals surface area contributed by atoms with E-state index in [1.165, 1.54) is 37.5 Å². The molecule has 4 nitrogen and oxygen atoms in total. The number of aliphatic hydroxyl groups excluding tert-OH is 1. The van der Waals surface area contributed by atoms with Gasteiger partial charge < -0.3 is 14.9 Å². The molecule has 2 fully saturated rings. The van der Waals surface area contributed by atoms with E-state index < -0.39 is 17.6 Å². The summed E-state index contributed by atoms with van der Waals surface area (Å²) < 4.78 is 5.29. The van der Waals surface area contributed by atoms with Crippen molar-refractivity contribution in [2.24, 2.45) is 39.4 Å². The summed E-state index contributed by atoms with van der Waals surface area (Å²) >= 11 is 0. The Kier molecular flexibility index (Phi) is 6.78. The fourth-order valence-corrected chi connectivity index (χ4v) is 9.15. The first-order chi connectivity index (χ1) is 16.5. The number of ether oxygens (including phenoxy) is 1. The molecule has 4 aliphatic carbocycles. The van der Waals surface area contributed by atoms with Gasteiger partial charge in [0.2, 0.25) is 0 Å². The van der Waals surface area contributed by atoms with Crippen molar-refractivity contribution in [3.63, 3.8) is 0 Å². The third-order valence-corrected chi connectivity index (χ3v) is 11.6. The van der Waals surface area contributed by atoms with Gasteiger partial charge in [-0.1, -0.05) is 59.8 Å². The second-order valence-corrected chi connectivity index (χ2v) is 14.4. The lowest BCUT2D eigenvalue weighted by Gasteiger charge is -2.60. The molecule has 0 radical (unpaired) electrons. The molecule has 202 valence electrons. The van der Waals surface area contributed by atoms with Crippen molar-refractivity contribution in [2.45, 2.75) is 112 Å². The van der Waals surface area contributed by atoms with Crippen molar-refractivity contribution in [2.75, 3.05) is 7.11 Å². The van der Waals surface area contributed by atoms with Crippen LogP contribution in [0.2, 0.25) is 0 Å². The Hall–Kier alpha value is -1.39. The third kappa shape index (κ3) is 3.97. The molecule has 0 bridgehead atoms. The highest BCUT2D eigenvalue weighted by Crippen LogP contribution is 2.71. The Morgan fingerprint density at radius 1 is 1.17 bits per heavy atom. The topological polar surface area (TPSA) is 66.8 Å². The number of rotatable bonds is 6. The second-order valence-electron chi connectivity index (χ2n) is 14.4. The Bertz CT molecular complexity index is 981. The molecule has 0 amide bonds. The molecule has 7 atom stereocenters. The highest BCUT2D eigenvalue weighted by atomic mass is 16.5. The van der Waals surface area contributed by atoms with Crippen molar-refractivity contribution in [1.29, 1.82) is 0 Å². The van der Waals surface area contributed by atoms with Crippen molar-refractivity contribution in [3.05, 3.63) is 35.5 Å². The number of methoxy groups -OCH3 is 1. The molecule has 0 aromatic heterocycles. The Balaban J connectivity index is 1.72. The molecule has 0 aliphatic heterocycles. The van der Waals surface area contributed by atoms with Crippen LogP contribution in [-0.2, 0) is 9.53 Å². The van der Waals surface area contributed by atoms with Crippen LogP contribution in [0.4, 0.5) is 0 Å². The maximum Gasteiger partial charge on any atom is 0.309 e. The maximum atomic E-state index is 13.2. The highest BCUT2D eigenvalue weighted by Gasteiger charge is 2.66. The minimum absolute atomic E-state index is 0.172. The average Bonchev–Trinajstić information content (AvgIpc) is 2.98. The summed E-state index contributed by atoms with van der Waals surface area (Å²) in [5.74, 6) is -0.274. The van der Waals surface area contributed by atoms with Crippen LogP contribution in [0.15, 0.2) is 35.5 Å². The van der Waals surface area contributed by atoms with E-state index in [1.54, 1.807) is 13.8 Å². The van der Waals surface area contributed by atoms with Gasteiger partial charge in [0.15, 0.2) is 0 Å². The van der Waals surface area contributed by atoms with Gasteiger partial charge in [-0.05, 0) is 97.7 Å². The predicted molar refractivity (Wildman–Crippen MR) is 145 cm³/mol. The first-order valence-corrected chi connectivity index (χ1v) is 14.1. The number of aliphatic hydroxyl groups is 2. The van der Waals surface area contributed by atoms with Crippen molar-refractivity contribution in [1.82, 2.24) is 0 Å². The van der Waals surface area contributed by atoms with E-state index in [0.29, 0.717) is 36.2 Å². The molecular formula is C32H50O4. The molecule has 4 heteroatoms. The van der Waals surface area contributed by atoms with E-state index in [0.717, 1.165) is 12.8 Å². The maximum absolute atomic E-state index is 13.2. The number of carbonyl (C=O) groups excluding carboxylic acids is 1. The summed E-state index contributed by atoms with van der Waals surface area (Å²) in [4.78, 5) is 13.2. The molecule has 0 aromatic carbocycles. The normalized spacial score (nSPS) is 40.2. The van der Waals surface area contributed by atoms with Crippen LogP contribution in [0.5, 0.6) is 0 Å². The summed E-state index contributed by atoms with van der Waals surface area (Å²) in [6, 6.07) is 0. The summed E-state index contributed by atoms with van der Waals surface area (Å²) in [7, 11) is 1.44. The zero-order chi connectivity index (χ0) is 26.9. The van der Waals surface area contributed by atoms with Crippen LogP contribution in [0.3, 0.4) is 0 Å². The molecule has 0 spiro atoms. The molecule has 36 heavy (non-hydrogen) atoms. The van der Waals surface area contributed by atoms with Crippen LogP contribution in [0.25, 0.3) is 0 Å². The van der Waals surface area contributed by atoms with E-state index in [-0.39, 0.29) is 28.1 Å². The standard InChI is InChI=1S/C32H50O4/c1-20(29(4,5)35)11-12-21(27(34)36-9)26-24(33)19-32(8)23-13-14-25-28(2,3)16-10-17-30(25,6)22(23)15-18-31(26,32)7/h13,15,21,24-26,33,35H,1,10-12,14,16-19H2,2-9H3/t21-,24-,25?,26?,30-,31-,32+/m1/s1. The van der Waals surface area contributed by atoms with E-state index >= 15 is 0 Å². The largest absolute Gasteiger partial charge is 0.469 e. The van der Waals surface area contributed by atoms with E-state index in [2.05, 4.69) is 53.3 Å². The minimum atomic E-state index is -0.997. The van der Waals surface area contributed by atoms with Crippen LogP contribution in [0.1, 0.15) is 99.8 Å². The van der Waals surface area contributed by atoms with Gasteiger partial charge in [0.1, 0.15) is 0 Å². The first-order valence-electron chi connectivity index (χ1n) is 14.1. The molecule has 0 saturated heterocycles. The van der Waals surface area contributed by atoms with E-state index in [9.17, 15) is 15.0 Å². The molecule has 0 heterocycles. The summed E-state index contributed by atoms with van der Waals surface area (Å²) in [6.07, 6.45) is 11.8. The van der Waals surface area contributed by atoms with Gasteiger partial charge in [0, 0.05) is 11.3 Å². The number of carbonyl (C=O) groups is 1. The third-order valence-electron chi connectivity index (χ3n) is 11.6. The predicted octanol–water partition coefficient (Wildman–Crippen LogP) is 6.77. The zero-order valence-electron chi connectivity index (χ0n) is 24.0. The summed E-state index contributed by atoms with van der Waals surface area (Å²) in [5.41, 5.74) is 2.70. The van der Waals surface area contributed by atoms with Gasteiger partial charge in [-0.25, -0.2) is 0 Å². The quantitative estimate of drug-likeness (QED) is 0.313. The van der Waals surface area contributed by atoms with Gasteiger partial charge in [-0.15, -0.1) is 0 Å². The number of fused-ring (bicyclic) bond motifs is 5. The lowest BCUT2D eigenvalue weighted by molar-refractivity contribution is -0.152. The fourth-order valence-electron chi connectivity index (χ4n) is 9.15. The summed E-state index contributed by atoms with van der Waals surface area (Å²) in [6.45, 7) is 19.6. The molecule has 4 rings (SSSR count). The van der Waals surface area contributed by atoms with Crippen LogP contribution in [0, 0.1) is 39.4 Å². The first kappa shape index (κ1) is 27.6. The molecule has 2 saturated carbocycles. The molecule has 2 N–H and O–H groups in total. The van der Waals surface area contributed by atoms with E-state index in [1.807, 2.05) is 0 Å².